The zero-order valence-corrected chi connectivity index (χ0v) is 18.0. The number of guanidine groups is 1. The van der Waals surface area contributed by atoms with Crippen LogP contribution in [0.1, 0.15) is 36.5 Å². The van der Waals surface area contributed by atoms with Gasteiger partial charge in [-0.1, -0.05) is 12.1 Å². The molecule has 162 valence electrons. The van der Waals surface area contributed by atoms with E-state index in [9.17, 15) is 4.79 Å². The van der Waals surface area contributed by atoms with Crippen molar-refractivity contribution in [1.29, 1.82) is 0 Å². The van der Waals surface area contributed by atoms with Crippen molar-refractivity contribution in [3.05, 3.63) is 41.5 Å². The minimum atomic E-state index is -0.249. The number of aromatic nitrogens is 3. The highest BCUT2D eigenvalue weighted by molar-refractivity contribution is 5.80. The number of carbonyl (C=O) groups excluding carboxylic acids is 1. The van der Waals surface area contributed by atoms with Gasteiger partial charge in [0.05, 0.1) is 20.2 Å². The van der Waals surface area contributed by atoms with Crippen LogP contribution in [0.3, 0.4) is 0 Å². The van der Waals surface area contributed by atoms with Gasteiger partial charge in [0.1, 0.15) is 11.6 Å². The molecule has 1 fully saturated rings. The maximum atomic E-state index is 11.4. The van der Waals surface area contributed by atoms with Crippen LogP contribution in [0.5, 0.6) is 5.75 Å². The Balaban J connectivity index is 1.74. The van der Waals surface area contributed by atoms with E-state index in [1.807, 2.05) is 42.8 Å². The second kappa shape index (κ2) is 10.1. The van der Waals surface area contributed by atoms with Crippen molar-refractivity contribution >= 4 is 11.9 Å². The van der Waals surface area contributed by atoms with E-state index in [0.29, 0.717) is 19.5 Å². The maximum absolute atomic E-state index is 11.4. The number of rotatable bonds is 7. The third-order valence-electron chi connectivity index (χ3n) is 5.47. The molecule has 3 rings (SSSR count). The Hall–Kier alpha value is -3.10. The molecule has 1 unspecified atom stereocenters. The van der Waals surface area contributed by atoms with Crippen LogP contribution in [0.2, 0.25) is 0 Å². The first-order chi connectivity index (χ1) is 14.5. The molecule has 9 heteroatoms. The van der Waals surface area contributed by atoms with Gasteiger partial charge in [-0.2, -0.15) is 0 Å². The Bertz CT molecular complexity index is 876. The number of likely N-dealkylation sites (tertiary alicyclic amines) is 1. The number of nitrogens with zero attached hydrogens (tertiary/aromatic N) is 5. The second-order valence-corrected chi connectivity index (χ2v) is 7.69. The minimum absolute atomic E-state index is 0.249. The van der Waals surface area contributed by atoms with Crippen molar-refractivity contribution in [1.82, 2.24) is 25.0 Å². The van der Waals surface area contributed by atoms with E-state index in [0.717, 1.165) is 54.9 Å². The zero-order valence-electron chi connectivity index (χ0n) is 18.0. The van der Waals surface area contributed by atoms with Crippen molar-refractivity contribution in [2.75, 3.05) is 20.2 Å². The lowest BCUT2D eigenvalue weighted by Crippen LogP contribution is -2.47. The third kappa shape index (κ3) is 5.71. The Morgan fingerprint density at radius 1 is 1.33 bits per heavy atom. The molecule has 0 saturated carbocycles. The summed E-state index contributed by atoms with van der Waals surface area (Å²) in [6, 6.07) is 7.89. The maximum Gasteiger partial charge on any atom is 0.217 e. The number of ether oxygens (including phenoxy) is 1. The summed E-state index contributed by atoms with van der Waals surface area (Å²) in [5.41, 5.74) is 6.52. The lowest BCUT2D eigenvalue weighted by atomic mass is 9.95. The Kier molecular flexibility index (Phi) is 7.26. The number of aliphatic imine (C=N–C) groups is 1. The van der Waals surface area contributed by atoms with Gasteiger partial charge in [-0.3, -0.25) is 4.79 Å². The van der Waals surface area contributed by atoms with E-state index in [1.165, 1.54) is 0 Å². The van der Waals surface area contributed by atoms with Crippen molar-refractivity contribution in [2.24, 2.45) is 23.7 Å². The molecule has 1 amide bonds. The summed E-state index contributed by atoms with van der Waals surface area (Å²) in [7, 11) is 3.60. The van der Waals surface area contributed by atoms with Gasteiger partial charge in [-0.15, -0.1) is 10.2 Å². The molecule has 0 spiro atoms. The average Bonchev–Trinajstić information content (AvgIpc) is 3.06. The summed E-state index contributed by atoms with van der Waals surface area (Å²) in [6.45, 7) is 4.64. The number of primary amides is 1. The summed E-state index contributed by atoms with van der Waals surface area (Å²) in [4.78, 5) is 18.5. The molecule has 1 aliphatic heterocycles. The smallest absolute Gasteiger partial charge is 0.217 e. The highest BCUT2D eigenvalue weighted by Crippen LogP contribution is 2.20. The molecule has 2 aromatic rings. The van der Waals surface area contributed by atoms with Crippen molar-refractivity contribution < 1.29 is 9.53 Å². The number of hydrogen-bond donors (Lipinski definition) is 2. The van der Waals surface area contributed by atoms with Crippen molar-refractivity contribution in [2.45, 2.75) is 39.3 Å². The van der Waals surface area contributed by atoms with E-state index in [1.54, 1.807) is 7.11 Å². The number of amides is 1. The van der Waals surface area contributed by atoms with E-state index in [2.05, 4.69) is 20.4 Å². The number of benzene rings is 1. The fourth-order valence-electron chi connectivity index (χ4n) is 3.64. The first-order valence-corrected chi connectivity index (χ1v) is 10.3. The van der Waals surface area contributed by atoms with Crippen molar-refractivity contribution in [3.8, 4) is 5.75 Å². The number of methoxy groups -OCH3 is 1. The molecule has 1 aromatic carbocycles. The monoisotopic (exact) mass is 413 g/mol. The number of piperidine rings is 1. The van der Waals surface area contributed by atoms with Crippen LogP contribution < -0.4 is 15.8 Å². The first-order valence-electron chi connectivity index (χ1n) is 10.3. The molecule has 0 bridgehead atoms. The lowest BCUT2D eigenvalue weighted by Gasteiger charge is -2.34. The van der Waals surface area contributed by atoms with Crippen LogP contribution in [-0.4, -0.2) is 51.7 Å². The number of hydrogen-bond acceptors (Lipinski definition) is 5. The van der Waals surface area contributed by atoms with Crippen LogP contribution in [0.4, 0.5) is 0 Å². The summed E-state index contributed by atoms with van der Waals surface area (Å²) < 4.78 is 7.18. The second-order valence-electron chi connectivity index (χ2n) is 7.69. The molecular weight excluding hydrogens is 382 g/mol. The largest absolute Gasteiger partial charge is 0.497 e. The summed E-state index contributed by atoms with van der Waals surface area (Å²) >= 11 is 0. The van der Waals surface area contributed by atoms with Crippen LogP contribution in [0, 0.1) is 12.8 Å². The Morgan fingerprint density at radius 2 is 2.10 bits per heavy atom. The van der Waals surface area contributed by atoms with E-state index in [4.69, 9.17) is 15.5 Å². The molecule has 0 aliphatic carbocycles. The summed E-state index contributed by atoms with van der Waals surface area (Å²) in [5.74, 6) is 3.34. The van der Waals surface area contributed by atoms with Crippen LogP contribution in [-0.2, 0) is 24.9 Å². The molecule has 1 aromatic heterocycles. The number of aryl methyl sites for hydroxylation is 1. The van der Waals surface area contributed by atoms with Gasteiger partial charge < -0.3 is 25.3 Å². The minimum Gasteiger partial charge on any atom is -0.497 e. The normalized spacial score (nSPS) is 17.1. The lowest BCUT2D eigenvalue weighted by molar-refractivity contribution is -0.119. The fraction of sp³-hybridized carbons (Fsp3) is 0.524. The van der Waals surface area contributed by atoms with Gasteiger partial charge in [0, 0.05) is 26.6 Å². The average molecular weight is 414 g/mol. The summed E-state index contributed by atoms with van der Waals surface area (Å²) in [6.07, 6.45) is 2.42. The molecule has 30 heavy (non-hydrogen) atoms. The highest BCUT2D eigenvalue weighted by atomic mass is 16.5. The molecule has 9 nitrogen and oxygen atoms in total. The highest BCUT2D eigenvalue weighted by Gasteiger charge is 2.24. The zero-order chi connectivity index (χ0) is 21.5. The van der Waals surface area contributed by atoms with E-state index in [-0.39, 0.29) is 11.8 Å². The quantitative estimate of drug-likeness (QED) is 0.524. The molecular formula is C21H31N7O2. The fourth-order valence-corrected chi connectivity index (χ4v) is 3.64. The number of carbonyl (C=O) groups is 1. The van der Waals surface area contributed by atoms with E-state index < -0.39 is 0 Å². The number of nitrogens with one attached hydrogen (secondary N) is 1. The molecule has 1 atom stereocenters. The number of nitrogens with two attached hydrogens (primary N) is 1. The standard InChI is InChI=1S/C21H31N7O2/c1-15-25-26-20(27(15)2)13-24-21(23-12-16-6-8-18(30-3)9-7-16)28-10-4-5-17(14-28)11-19(22)29/h6-9,17H,4-5,10-14H2,1-3H3,(H2,22,29)(H,23,24). The third-order valence-corrected chi connectivity index (χ3v) is 5.47. The topological polar surface area (TPSA) is 111 Å². The van der Waals surface area contributed by atoms with Gasteiger partial charge in [-0.25, -0.2) is 4.99 Å². The van der Waals surface area contributed by atoms with Crippen LogP contribution in [0.15, 0.2) is 29.3 Å². The molecule has 2 heterocycles. The van der Waals surface area contributed by atoms with Gasteiger partial charge >= 0.3 is 0 Å². The summed E-state index contributed by atoms with van der Waals surface area (Å²) in [5, 5.41) is 11.8. The Labute approximate surface area is 177 Å². The van der Waals surface area contributed by atoms with Crippen molar-refractivity contribution in [3.63, 3.8) is 0 Å². The molecule has 3 N–H and O–H groups in total. The molecule has 1 saturated heterocycles. The molecule has 1 aliphatic rings. The van der Waals surface area contributed by atoms with Gasteiger partial charge in [0.25, 0.3) is 0 Å². The Morgan fingerprint density at radius 3 is 2.73 bits per heavy atom. The first kappa shape index (κ1) is 21.6. The van der Waals surface area contributed by atoms with Crippen LogP contribution >= 0.6 is 0 Å². The van der Waals surface area contributed by atoms with Gasteiger partial charge in [-0.05, 0) is 43.4 Å². The van der Waals surface area contributed by atoms with Gasteiger partial charge in [0.15, 0.2) is 11.8 Å². The van der Waals surface area contributed by atoms with Gasteiger partial charge in [0.2, 0.25) is 5.91 Å². The predicted molar refractivity (Wildman–Crippen MR) is 115 cm³/mol. The molecule has 0 radical (unpaired) electrons. The SMILES string of the molecule is COc1ccc(CN=C(NCc2nnc(C)n2C)N2CCCC(CC(N)=O)C2)cc1. The van der Waals surface area contributed by atoms with Crippen LogP contribution in [0.25, 0.3) is 0 Å². The predicted octanol–water partition coefficient (Wildman–Crippen LogP) is 1.37. The van der Waals surface area contributed by atoms with E-state index >= 15 is 0 Å².